The number of hydrogen-bond acceptors (Lipinski definition) is 6. The molecule has 0 saturated heterocycles. The van der Waals surface area contributed by atoms with Crippen molar-refractivity contribution >= 4 is 35.9 Å². The highest BCUT2D eigenvalue weighted by Gasteiger charge is 2.69. The Labute approximate surface area is 228 Å². The van der Waals surface area contributed by atoms with E-state index >= 15 is 4.39 Å². The normalized spacial score (nSPS) is 41.2. The number of Topliss-reactive ketones (excluding diaryl/α,β-unsaturated/α-hetero) is 1. The van der Waals surface area contributed by atoms with E-state index in [1.165, 1.54) is 6.07 Å². The van der Waals surface area contributed by atoms with Crippen molar-refractivity contribution in [3.63, 3.8) is 0 Å². The number of carbonyl (C=O) groups excluding carboxylic acids is 1. The molecule has 1 heterocycles. The molecular formula is C28H37BClFO7. The maximum atomic E-state index is 15.5. The van der Waals surface area contributed by atoms with Crippen LogP contribution in [0, 0.1) is 45.7 Å². The Morgan fingerprint density at radius 2 is 2.03 bits per heavy atom. The van der Waals surface area contributed by atoms with Crippen LogP contribution in [0.25, 0.3) is 0 Å². The molecule has 3 aliphatic carbocycles. The molecule has 1 aromatic carbocycles. The molecule has 1 aromatic rings. The fraction of sp³-hybridized carbons (Fsp3) is 0.714. The van der Waals surface area contributed by atoms with Crippen LogP contribution in [0.2, 0.25) is 0 Å². The standard InChI is InChI=1S/C28H37BClFO7/c1-14-7-9-28-10-8-18(32)23(28)27(14,4)17(11-26(3,13-30)24(33)15(28)2)22(25(34)35)38-19-6-5-16-12-37-29(36)20(16)21(19)31/h5-6,14-15,17,22-24,33,36H,7-13H2,1-4H3,(H,34,35)/t14-,15+,17+,22?,23+,24+,26+,27-,28+/m1/s1. The summed E-state index contributed by atoms with van der Waals surface area (Å²) in [5, 5.41) is 32.4. The Morgan fingerprint density at radius 1 is 1.32 bits per heavy atom. The number of ether oxygens (including phenoxy) is 1. The summed E-state index contributed by atoms with van der Waals surface area (Å²) >= 11 is 6.51. The molecule has 0 aromatic heterocycles. The molecule has 208 valence electrons. The summed E-state index contributed by atoms with van der Waals surface area (Å²) in [5.74, 6) is -3.63. The highest BCUT2D eigenvalue weighted by Crippen LogP contribution is 2.69. The molecular weight excluding hydrogens is 514 g/mol. The second-order valence-corrected chi connectivity index (χ2v) is 13.0. The second kappa shape index (κ2) is 9.46. The molecule has 9 atom stereocenters. The summed E-state index contributed by atoms with van der Waals surface area (Å²) in [4.78, 5) is 26.6. The number of aliphatic hydroxyl groups is 1. The zero-order chi connectivity index (χ0) is 27.8. The predicted octanol–water partition coefficient (Wildman–Crippen LogP) is 3.54. The van der Waals surface area contributed by atoms with Crippen LogP contribution >= 0.6 is 11.6 Å². The van der Waals surface area contributed by atoms with Gasteiger partial charge in [-0.2, -0.15) is 0 Å². The molecule has 0 amide bonds. The minimum Gasteiger partial charge on any atom is -0.478 e. The van der Waals surface area contributed by atoms with Gasteiger partial charge in [0.1, 0.15) is 5.78 Å². The Balaban J connectivity index is 1.66. The fourth-order valence-electron chi connectivity index (χ4n) is 8.70. The van der Waals surface area contributed by atoms with E-state index in [1.54, 1.807) is 6.07 Å². The summed E-state index contributed by atoms with van der Waals surface area (Å²) in [6.45, 7) is 7.99. The topological polar surface area (TPSA) is 113 Å². The number of carboxylic acids is 1. The van der Waals surface area contributed by atoms with Crippen molar-refractivity contribution in [1.82, 2.24) is 0 Å². The third-order valence-corrected chi connectivity index (χ3v) is 11.7. The average molecular weight is 551 g/mol. The summed E-state index contributed by atoms with van der Waals surface area (Å²) in [5.41, 5.74) is -1.69. The van der Waals surface area contributed by atoms with Crippen LogP contribution in [0.3, 0.4) is 0 Å². The highest BCUT2D eigenvalue weighted by atomic mass is 35.5. The lowest BCUT2D eigenvalue weighted by Gasteiger charge is -2.63. The Hall–Kier alpha value is -1.68. The lowest BCUT2D eigenvalue weighted by Crippen LogP contribution is -2.64. The molecule has 38 heavy (non-hydrogen) atoms. The second-order valence-electron chi connectivity index (χ2n) is 12.8. The Morgan fingerprint density at radius 3 is 2.68 bits per heavy atom. The van der Waals surface area contributed by atoms with Crippen molar-refractivity contribution in [3.05, 3.63) is 23.5 Å². The van der Waals surface area contributed by atoms with E-state index in [-0.39, 0.29) is 47.7 Å². The number of rotatable bonds is 5. The zero-order valence-electron chi connectivity index (χ0n) is 22.4. The largest absolute Gasteiger partial charge is 0.494 e. The predicted molar refractivity (Wildman–Crippen MR) is 140 cm³/mol. The van der Waals surface area contributed by atoms with E-state index in [2.05, 4.69) is 6.92 Å². The number of fused-ring (bicyclic) bond motifs is 1. The van der Waals surface area contributed by atoms with Gasteiger partial charge in [-0.3, -0.25) is 4.79 Å². The van der Waals surface area contributed by atoms with Crippen LogP contribution in [0.15, 0.2) is 12.1 Å². The van der Waals surface area contributed by atoms with Crippen molar-refractivity contribution in [2.45, 2.75) is 78.6 Å². The molecule has 10 heteroatoms. The Kier molecular flexibility index (Phi) is 6.94. The van der Waals surface area contributed by atoms with Gasteiger partial charge in [-0.15, -0.1) is 11.6 Å². The lowest BCUT2D eigenvalue weighted by atomic mass is 9.41. The van der Waals surface area contributed by atoms with Crippen molar-refractivity contribution in [2.75, 3.05) is 5.88 Å². The van der Waals surface area contributed by atoms with Gasteiger partial charge >= 0.3 is 13.1 Å². The number of hydrogen-bond donors (Lipinski definition) is 3. The van der Waals surface area contributed by atoms with Crippen molar-refractivity contribution in [2.24, 2.45) is 39.9 Å². The first-order valence-electron chi connectivity index (χ1n) is 13.6. The monoisotopic (exact) mass is 550 g/mol. The van der Waals surface area contributed by atoms with Gasteiger partial charge in [0, 0.05) is 35.0 Å². The third-order valence-electron chi connectivity index (χ3n) is 11.1. The van der Waals surface area contributed by atoms with Gasteiger partial charge in [0.15, 0.2) is 17.7 Å². The molecule has 7 nitrogen and oxygen atoms in total. The van der Waals surface area contributed by atoms with E-state index in [0.29, 0.717) is 18.4 Å². The molecule has 1 aliphatic heterocycles. The van der Waals surface area contributed by atoms with Gasteiger partial charge in [-0.1, -0.05) is 33.8 Å². The number of aliphatic hydroxyl groups excluding tert-OH is 1. The number of aliphatic carboxylic acids is 1. The van der Waals surface area contributed by atoms with Crippen LogP contribution in [-0.2, 0) is 20.9 Å². The molecule has 0 radical (unpaired) electrons. The van der Waals surface area contributed by atoms with Crippen LogP contribution in [-0.4, -0.2) is 52.2 Å². The van der Waals surface area contributed by atoms with Crippen LogP contribution in [0.1, 0.15) is 65.4 Å². The minimum absolute atomic E-state index is 0.0137. The van der Waals surface area contributed by atoms with Crippen molar-refractivity contribution < 1.29 is 38.6 Å². The number of carboxylic acid groups (broad SMARTS) is 1. The van der Waals surface area contributed by atoms with Crippen LogP contribution in [0.5, 0.6) is 5.75 Å². The first-order chi connectivity index (χ1) is 17.8. The first kappa shape index (κ1) is 27.9. The minimum atomic E-state index is -1.51. The maximum absolute atomic E-state index is 15.5. The van der Waals surface area contributed by atoms with E-state index in [0.717, 1.165) is 12.8 Å². The first-order valence-corrected chi connectivity index (χ1v) is 14.1. The highest BCUT2D eigenvalue weighted by molar-refractivity contribution is 6.61. The number of carbonyl (C=O) groups is 2. The summed E-state index contributed by atoms with van der Waals surface area (Å²) in [7, 11) is -1.46. The number of alkyl halides is 1. The summed E-state index contributed by atoms with van der Waals surface area (Å²) in [6.07, 6.45) is 0.433. The molecule has 3 fully saturated rings. The van der Waals surface area contributed by atoms with Crippen molar-refractivity contribution in [3.8, 4) is 5.75 Å². The van der Waals surface area contributed by atoms with Gasteiger partial charge in [-0.25, -0.2) is 9.18 Å². The molecule has 3 N–H and O–H groups in total. The van der Waals surface area contributed by atoms with Gasteiger partial charge in [0.05, 0.1) is 12.7 Å². The third kappa shape index (κ3) is 3.79. The van der Waals surface area contributed by atoms with Gasteiger partial charge < -0.3 is 24.6 Å². The lowest BCUT2D eigenvalue weighted by molar-refractivity contribution is -0.196. The van der Waals surface area contributed by atoms with Gasteiger partial charge in [0.25, 0.3) is 0 Å². The molecule has 0 spiro atoms. The van der Waals surface area contributed by atoms with Crippen LogP contribution in [0.4, 0.5) is 4.39 Å². The van der Waals surface area contributed by atoms with Gasteiger partial charge in [0.2, 0.25) is 0 Å². The SMILES string of the molecule is C[C@@H]1CC[C@@]23CCC(=O)[C@H]2[C@@]1(C)[C@H](C(Oc1ccc2c(c1F)B(O)OC2)C(=O)O)C[C@@](C)(CCl)[C@@H](O)[C@@H]3C. The molecule has 5 rings (SSSR count). The van der Waals surface area contributed by atoms with Crippen LogP contribution < -0.4 is 10.2 Å². The maximum Gasteiger partial charge on any atom is 0.494 e. The van der Waals surface area contributed by atoms with E-state index in [9.17, 15) is 24.8 Å². The smallest absolute Gasteiger partial charge is 0.478 e. The van der Waals surface area contributed by atoms with Crippen molar-refractivity contribution in [1.29, 1.82) is 0 Å². The molecule has 2 bridgehead atoms. The van der Waals surface area contributed by atoms with E-state index in [1.807, 2.05) is 20.8 Å². The quantitative estimate of drug-likeness (QED) is 0.380. The fourth-order valence-corrected chi connectivity index (χ4v) is 8.96. The zero-order valence-corrected chi connectivity index (χ0v) is 23.1. The molecule has 3 saturated carbocycles. The number of ketones is 1. The molecule has 4 aliphatic rings. The number of halogens is 2. The number of benzene rings is 1. The van der Waals surface area contributed by atoms with Gasteiger partial charge in [-0.05, 0) is 60.0 Å². The summed E-state index contributed by atoms with van der Waals surface area (Å²) < 4.78 is 26.7. The molecule has 1 unspecified atom stereocenters. The van der Waals surface area contributed by atoms with E-state index < -0.39 is 59.2 Å². The summed E-state index contributed by atoms with van der Waals surface area (Å²) in [6, 6.07) is 2.93. The van der Waals surface area contributed by atoms with E-state index in [4.69, 9.17) is 21.0 Å². The average Bonchev–Trinajstić information content (AvgIpc) is 3.44. The Bertz CT molecular complexity index is 1150.